The van der Waals surface area contributed by atoms with E-state index in [1.165, 1.54) is 27.4 Å². The largest absolute Gasteiger partial charge is 0.398 e. The maximum Gasteiger partial charge on any atom is 0.0541 e. The number of aryl methyl sites for hydroxylation is 2. The molecule has 2 heteroatoms. The summed E-state index contributed by atoms with van der Waals surface area (Å²) in [6.45, 7) is 2.16. The van der Waals surface area contributed by atoms with Crippen molar-refractivity contribution in [3.8, 4) is 0 Å². The van der Waals surface area contributed by atoms with Crippen LogP contribution < -0.4 is 5.73 Å². The predicted octanol–water partition coefficient (Wildman–Crippen LogP) is 3.48. The van der Waals surface area contributed by atoms with Gasteiger partial charge in [0.25, 0.3) is 0 Å². The van der Waals surface area contributed by atoms with Crippen molar-refractivity contribution >= 4 is 27.5 Å². The van der Waals surface area contributed by atoms with Crippen LogP contribution in [0.25, 0.3) is 21.8 Å². The summed E-state index contributed by atoms with van der Waals surface area (Å²) in [6, 6.07) is 12.7. The second-order valence-electron chi connectivity index (χ2n) is 4.46. The fourth-order valence-corrected chi connectivity index (χ4v) is 2.74. The van der Waals surface area contributed by atoms with Gasteiger partial charge in [-0.2, -0.15) is 0 Å². The number of rotatable bonds is 1. The van der Waals surface area contributed by atoms with Gasteiger partial charge in [0.05, 0.1) is 5.52 Å². The van der Waals surface area contributed by atoms with Crippen LogP contribution in [0.1, 0.15) is 12.5 Å². The molecule has 0 aliphatic rings. The Morgan fingerprint density at radius 2 is 1.82 bits per heavy atom. The highest BCUT2D eigenvalue weighted by Gasteiger charge is 2.12. The Labute approximate surface area is 101 Å². The van der Waals surface area contributed by atoms with Crippen molar-refractivity contribution in [1.29, 1.82) is 0 Å². The van der Waals surface area contributed by atoms with E-state index in [1.807, 2.05) is 6.07 Å². The molecule has 0 spiro atoms. The van der Waals surface area contributed by atoms with Crippen LogP contribution in [0, 0.1) is 0 Å². The van der Waals surface area contributed by atoms with Gasteiger partial charge in [-0.15, -0.1) is 0 Å². The average Bonchev–Trinajstić information content (AvgIpc) is 2.64. The molecule has 0 aliphatic heterocycles. The Balaban J connectivity index is 2.61. The Bertz CT molecular complexity index is 708. The molecular weight excluding hydrogens is 208 g/mol. The molecule has 0 saturated heterocycles. The van der Waals surface area contributed by atoms with E-state index in [4.69, 9.17) is 5.73 Å². The zero-order chi connectivity index (χ0) is 12.0. The molecule has 17 heavy (non-hydrogen) atoms. The van der Waals surface area contributed by atoms with Crippen LogP contribution in [0.2, 0.25) is 0 Å². The van der Waals surface area contributed by atoms with Crippen molar-refractivity contribution < 1.29 is 0 Å². The number of fused-ring (bicyclic) bond motifs is 3. The Morgan fingerprint density at radius 3 is 2.59 bits per heavy atom. The number of hydrogen-bond acceptors (Lipinski definition) is 1. The zero-order valence-electron chi connectivity index (χ0n) is 10.2. The first-order chi connectivity index (χ1) is 8.24. The van der Waals surface area contributed by atoms with Crippen molar-refractivity contribution in [2.45, 2.75) is 13.3 Å². The van der Waals surface area contributed by atoms with Gasteiger partial charge in [-0.1, -0.05) is 31.2 Å². The Kier molecular flexibility index (Phi) is 2.11. The summed E-state index contributed by atoms with van der Waals surface area (Å²) >= 11 is 0. The third-order valence-electron chi connectivity index (χ3n) is 3.56. The summed E-state index contributed by atoms with van der Waals surface area (Å²) in [7, 11) is 2.11. The Morgan fingerprint density at radius 1 is 1.06 bits per heavy atom. The van der Waals surface area contributed by atoms with E-state index in [0.29, 0.717) is 0 Å². The van der Waals surface area contributed by atoms with Crippen LogP contribution in [-0.2, 0) is 13.5 Å². The van der Waals surface area contributed by atoms with Crippen molar-refractivity contribution in [1.82, 2.24) is 4.57 Å². The lowest BCUT2D eigenvalue weighted by Gasteiger charge is -2.07. The summed E-state index contributed by atoms with van der Waals surface area (Å²) in [6.07, 6.45) is 0.966. The minimum Gasteiger partial charge on any atom is -0.398 e. The van der Waals surface area contributed by atoms with Gasteiger partial charge in [-0.05, 0) is 24.1 Å². The SMILES string of the molecule is CCc1c(N)ccc2c3ccccc3n(C)c12. The van der Waals surface area contributed by atoms with Gasteiger partial charge in [-0.3, -0.25) is 0 Å². The first-order valence-corrected chi connectivity index (χ1v) is 5.98. The smallest absolute Gasteiger partial charge is 0.0541 e. The second kappa shape index (κ2) is 3.52. The van der Waals surface area contributed by atoms with E-state index in [9.17, 15) is 0 Å². The number of para-hydroxylation sites is 1. The van der Waals surface area contributed by atoms with E-state index in [-0.39, 0.29) is 0 Å². The van der Waals surface area contributed by atoms with Gasteiger partial charge in [0, 0.05) is 29.0 Å². The van der Waals surface area contributed by atoms with Crippen molar-refractivity contribution in [3.63, 3.8) is 0 Å². The quantitative estimate of drug-likeness (QED) is 0.630. The van der Waals surface area contributed by atoms with E-state index in [2.05, 4.69) is 48.9 Å². The van der Waals surface area contributed by atoms with Crippen LogP contribution >= 0.6 is 0 Å². The summed E-state index contributed by atoms with van der Waals surface area (Å²) < 4.78 is 2.25. The zero-order valence-corrected chi connectivity index (χ0v) is 10.2. The third-order valence-corrected chi connectivity index (χ3v) is 3.56. The van der Waals surface area contributed by atoms with Gasteiger partial charge in [0.2, 0.25) is 0 Å². The van der Waals surface area contributed by atoms with E-state index in [1.54, 1.807) is 0 Å². The molecule has 0 amide bonds. The maximum absolute atomic E-state index is 6.07. The van der Waals surface area contributed by atoms with E-state index < -0.39 is 0 Å². The lowest BCUT2D eigenvalue weighted by molar-refractivity contribution is 0.996. The molecule has 2 aromatic carbocycles. The molecule has 2 N–H and O–H groups in total. The predicted molar refractivity (Wildman–Crippen MR) is 74.2 cm³/mol. The topological polar surface area (TPSA) is 30.9 Å². The van der Waals surface area contributed by atoms with E-state index in [0.717, 1.165) is 12.1 Å². The number of nitrogen functional groups attached to an aromatic ring is 1. The van der Waals surface area contributed by atoms with Gasteiger partial charge in [0.1, 0.15) is 0 Å². The maximum atomic E-state index is 6.07. The molecule has 2 nitrogen and oxygen atoms in total. The molecule has 0 unspecified atom stereocenters. The summed E-state index contributed by atoms with van der Waals surface area (Å²) in [5, 5.41) is 2.61. The van der Waals surface area contributed by atoms with Crippen molar-refractivity contribution in [3.05, 3.63) is 42.0 Å². The molecule has 0 aliphatic carbocycles. The summed E-state index contributed by atoms with van der Waals surface area (Å²) in [5.41, 5.74) is 10.8. The highest BCUT2D eigenvalue weighted by molar-refractivity contribution is 6.10. The number of hydrogen-bond donors (Lipinski definition) is 1. The highest BCUT2D eigenvalue weighted by atomic mass is 14.9. The van der Waals surface area contributed by atoms with Crippen LogP contribution in [-0.4, -0.2) is 4.57 Å². The minimum atomic E-state index is 0.894. The molecule has 1 heterocycles. The third kappa shape index (κ3) is 1.27. The second-order valence-corrected chi connectivity index (χ2v) is 4.46. The molecule has 1 aromatic heterocycles. The van der Waals surface area contributed by atoms with Crippen LogP contribution in [0.5, 0.6) is 0 Å². The molecular formula is C15H16N2. The van der Waals surface area contributed by atoms with Crippen LogP contribution in [0.3, 0.4) is 0 Å². The lowest BCUT2D eigenvalue weighted by atomic mass is 10.1. The molecule has 3 rings (SSSR count). The van der Waals surface area contributed by atoms with Crippen LogP contribution in [0.4, 0.5) is 5.69 Å². The molecule has 3 aromatic rings. The molecule has 0 radical (unpaired) electrons. The number of nitrogens with two attached hydrogens (primary N) is 1. The highest BCUT2D eigenvalue weighted by Crippen LogP contribution is 2.32. The summed E-state index contributed by atoms with van der Waals surface area (Å²) in [5.74, 6) is 0. The number of aromatic nitrogens is 1. The number of benzene rings is 2. The van der Waals surface area contributed by atoms with Gasteiger partial charge in [-0.25, -0.2) is 0 Å². The van der Waals surface area contributed by atoms with Crippen LogP contribution in [0.15, 0.2) is 36.4 Å². The van der Waals surface area contributed by atoms with E-state index >= 15 is 0 Å². The standard InChI is InChI=1S/C15H16N2/c1-3-10-13(16)9-8-12-11-6-4-5-7-14(11)17(2)15(10)12/h4-9H,3,16H2,1-2H3. The Hall–Kier alpha value is -1.96. The van der Waals surface area contributed by atoms with Crippen molar-refractivity contribution in [2.75, 3.05) is 5.73 Å². The molecule has 0 atom stereocenters. The van der Waals surface area contributed by atoms with Crippen molar-refractivity contribution in [2.24, 2.45) is 7.05 Å². The minimum absolute atomic E-state index is 0.894. The monoisotopic (exact) mass is 224 g/mol. The normalized spacial score (nSPS) is 11.4. The first kappa shape index (κ1) is 10.2. The average molecular weight is 224 g/mol. The number of nitrogens with zero attached hydrogens (tertiary/aromatic N) is 1. The molecule has 86 valence electrons. The van der Waals surface area contributed by atoms with Gasteiger partial charge < -0.3 is 10.3 Å². The molecule has 0 fully saturated rings. The van der Waals surface area contributed by atoms with Gasteiger partial charge >= 0.3 is 0 Å². The lowest BCUT2D eigenvalue weighted by Crippen LogP contribution is -1.97. The number of anilines is 1. The summed E-state index contributed by atoms with van der Waals surface area (Å²) in [4.78, 5) is 0. The first-order valence-electron chi connectivity index (χ1n) is 5.98. The fraction of sp³-hybridized carbons (Fsp3) is 0.200. The van der Waals surface area contributed by atoms with Gasteiger partial charge in [0.15, 0.2) is 0 Å². The molecule has 0 saturated carbocycles. The molecule has 0 bridgehead atoms. The fourth-order valence-electron chi connectivity index (χ4n) is 2.74.